The van der Waals surface area contributed by atoms with Crippen LogP contribution >= 0.6 is 11.6 Å². The van der Waals surface area contributed by atoms with Gasteiger partial charge in [0.15, 0.2) is 5.82 Å². The van der Waals surface area contributed by atoms with Crippen molar-refractivity contribution in [1.29, 1.82) is 0 Å². The number of hydrogen-bond acceptors (Lipinski definition) is 3. The molecule has 6 heteroatoms. The highest BCUT2D eigenvalue weighted by atomic mass is 35.5. The van der Waals surface area contributed by atoms with E-state index in [-0.39, 0.29) is 10.6 Å². The zero-order chi connectivity index (χ0) is 14.0. The number of aromatic nitrogens is 3. The van der Waals surface area contributed by atoms with E-state index >= 15 is 0 Å². The molecule has 0 atom stereocenters. The summed E-state index contributed by atoms with van der Waals surface area (Å²) in [7, 11) is 0. The standard InChI is InChI=1S/C13H16ClFN4/c1-13(2,3)16-7-9-8-19(18-17-9)11-6-4-5-10(14)12(11)15/h4-6,8,16H,7H2,1-3H3. The van der Waals surface area contributed by atoms with Gasteiger partial charge in [-0.2, -0.15) is 0 Å². The average molecular weight is 283 g/mol. The molecule has 0 saturated heterocycles. The van der Waals surface area contributed by atoms with Crippen LogP contribution in [0.1, 0.15) is 26.5 Å². The van der Waals surface area contributed by atoms with Gasteiger partial charge in [0.25, 0.3) is 0 Å². The molecule has 0 spiro atoms. The molecule has 102 valence electrons. The fraction of sp³-hybridized carbons (Fsp3) is 0.385. The lowest BCUT2D eigenvalue weighted by Gasteiger charge is -2.19. The minimum atomic E-state index is -0.496. The molecule has 0 amide bonds. The third-order valence-electron chi connectivity index (χ3n) is 2.52. The van der Waals surface area contributed by atoms with Gasteiger partial charge in [0.2, 0.25) is 0 Å². The van der Waals surface area contributed by atoms with E-state index in [1.54, 1.807) is 18.3 Å². The van der Waals surface area contributed by atoms with E-state index in [9.17, 15) is 4.39 Å². The van der Waals surface area contributed by atoms with Crippen molar-refractivity contribution in [3.05, 3.63) is 40.9 Å². The number of halogens is 2. The minimum Gasteiger partial charge on any atom is -0.306 e. The highest BCUT2D eigenvalue weighted by Crippen LogP contribution is 2.20. The first kappa shape index (κ1) is 14.0. The molecule has 0 unspecified atom stereocenters. The minimum absolute atomic E-state index is 0.00884. The van der Waals surface area contributed by atoms with Crippen LogP contribution in [0, 0.1) is 5.82 Å². The van der Waals surface area contributed by atoms with Gasteiger partial charge in [-0.3, -0.25) is 0 Å². The van der Waals surface area contributed by atoms with Gasteiger partial charge in [-0.15, -0.1) is 5.10 Å². The summed E-state index contributed by atoms with van der Waals surface area (Å²) in [5.74, 6) is -0.496. The molecule has 1 aromatic heterocycles. The molecule has 1 aromatic carbocycles. The number of benzene rings is 1. The predicted octanol–water partition coefficient (Wildman–Crippen LogP) is 2.95. The summed E-state index contributed by atoms with van der Waals surface area (Å²) in [5, 5.41) is 11.3. The summed E-state index contributed by atoms with van der Waals surface area (Å²) in [4.78, 5) is 0. The summed E-state index contributed by atoms with van der Waals surface area (Å²) in [6.45, 7) is 6.77. The molecule has 2 aromatic rings. The second-order valence-corrected chi connectivity index (χ2v) is 5.74. The molecular weight excluding hydrogens is 267 g/mol. The molecule has 0 aliphatic carbocycles. The van der Waals surface area contributed by atoms with Crippen LogP contribution in [0.2, 0.25) is 5.02 Å². The van der Waals surface area contributed by atoms with E-state index in [1.807, 2.05) is 0 Å². The van der Waals surface area contributed by atoms with Crippen LogP contribution in [0.25, 0.3) is 5.69 Å². The van der Waals surface area contributed by atoms with Crippen molar-refractivity contribution >= 4 is 11.6 Å². The second-order valence-electron chi connectivity index (χ2n) is 5.33. The normalized spacial score (nSPS) is 11.8. The second kappa shape index (κ2) is 5.27. The van der Waals surface area contributed by atoms with Crippen molar-refractivity contribution < 1.29 is 4.39 Å². The highest BCUT2D eigenvalue weighted by Gasteiger charge is 2.12. The van der Waals surface area contributed by atoms with Crippen LogP contribution in [0.15, 0.2) is 24.4 Å². The van der Waals surface area contributed by atoms with E-state index < -0.39 is 5.82 Å². The van der Waals surface area contributed by atoms with Crippen molar-refractivity contribution in [2.75, 3.05) is 0 Å². The Bertz CT molecular complexity index is 574. The summed E-state index contributed by atoms with van der Waals surface area (Å²) >= 11 is 5.74. The Hall–Kier alpha value is -1.46. The molecule has 1 N–H and O–H groups in total. The predicted molar refractivity (Wildman–Crippen MR) is 72.9 cm³/mol. The van der Waals surface area contributed by atoms with Gasteiger partial charge >= 0.3 is 0 Å². The third-order valence-corrected chi connectivity index (χ3v) is 2.81. The average Bonchev–Trinajstić information content (AvgIpc) is 2.78. The summed E-state index contributed by atoms with van der Waals surface area (Å²) < 4.78 is 15.2. The molecule has 2 rings (SSSR count). The molecule has 1 heterocycles. The molecule has 0 aliphatic rings. The van der Waals surface area contributed by atoms with Crippen LogP contribution in [-0.2, 0) is 6.54 Å². The first-order valence-corrected chi connectivity index (χ1v) is 6.35. The quantitative estimate of drug-likeness (QED) is 0.941. The Morgan fingerprint density at radius 3 is 2.79 bits per heavy atom. The SMILES string of the molecule is CC(C)(C)NCc1cn(-c2cccc(Cl)c2F)nn1. The lowest BCUT2D eigenvalue weighted by atomic mass is 10.1. The summed E-state index contributed by atoms with van der Waals surface area (Å²) in [6, 6.07) is 4.78. The van der Waals surface area contributed by atoms with Gasteiger partial charge in [0.1, 0.15) is 5.69 Å². The summed E-state index contributed by atoms with van der Waals surface area (Å²) in [6.07, 6.45) is 1.69. The van der Waals surface area contributed by atoms with E-state index in [1.165, 1.54) is 10.7 Å². The van der Waals surface area contributed by atoms with E-state index in [0.29, 0.717) is 12.2 Å². The van der Waals surface area contributed by atoms with Crippen LogP contribution in [0.4, 0.5) is 4.39 Å². The number of hydrogen-bond donors (Lipinski definition) is 1. The number of nitrogens with one attached hydrogen (secondary N) is 1. The zero-order valence-electron chi connectivity index (χ0n) is 11.1. The Morgan fingerprint density at radius 1 is 1.37 bits per heavy atom. The Labute approximate surface area is 116 Å². The van der Waals surface area contributed by atoms with Crippen molar-refractivity contribution in [2.45, 2.75) is 32.9 Å². The highest BCUT2D eigenvalue weighted by molar-refractivity contribution is 6.30. The monoisotopic (exact) mass is 282 g/mol. The van der Waals surface area contributed by atoms with Crippen molar-refractivity contribution in [3.63, 3.8) is 0 Å². The Morgan fingerprint density at radius 2 is 2.11 bits per heavy atom. The molecule has 0 aliphatic heterocycles. The lowest BCUT2D eigenvalue weighted by Crippen LogP contribution is -2.35. The smallest absolute Gasteiger partial charge is 0.167 e. The first-order valence-electron chi connectivity index (χ1n) is 5.97. The molecule has 0 bridgehead atoms. The van der Waals surface area contributed by atoms with Gasteiger partial charge in [-0.1, -0.05) is 22.9 Å². The van der Waals surface area contributed by atoms with E-state index in [0.717, 1.165) is 5.69 Å². The molecule has 4 nitrogen and oxygen atoms in total. The molecule has 0 radical (unpaired) electrons. The molecular formula is C13H16ClFN4. The van der Waals surface area contributed by atoms with Crippen LogP contribution < -0.4 is 5.32 Å². The maximum absolute atomic E-state index is 13.8. The van der Waals surface area contributed by atoms with Gasteiger partial charge in [0.05, 0.1) is 16.9 Å². The van der Waals surface area contributed by atoms with E-state index in [2.05, 4.69) is 36.4 Å². The molecule has 19 heavy (non-hydrogen) atoms. The van der Waals surface area contributed by atoms with Gasteiger partial charge in [-0.05, 0) is 32.9 Å². The van der Waals surface area contributed by atoms with Crippen LogP contribution in [0.5, 0.6) is 0 Å². The van der Waals surface area contributed by atoms with Crippen molar-refractivity contribution in [2.24, 2.45) is 0 Å². The molecule has 0 fully saturated rings. The van der Waals surface area contributed by atoms with Gasteiger partial charge < -0.3 is 5.32 Å². The van der Waals surface area contributed by atoms with Crippen molar-refractivity contribution in [3.8, 4) is 5.69 Å². The zero-order valence-corrected chi connectivity index (χ0v) is 11.9. The maximum atomic E-state index is 13.8. The van der Waals surface area contributed by atoms with Crippen LogP contribution in [0.3, 0.4) is 0 Å². The third kappa shape index (κ3) is 3.52. The topological polar surface area (TPSA) is 42.7 Å². The van der Waals surface area contributed by atoms with Crippen molar-refractivity contribution in [1.82, 2.24) is 20.3 Å². The lowest BCUT2D eigenvalue weighted by molar-refractivity contribution is 0.421. The summed E-state index contributed by atoms with van der Waals surface area (Å²) in [5.41, 5.74) is 1.03. The fourth-order valence-corrected chi connectivity index (χ4v) is 1.69. The molecule has 0 saturated carbocycles. The van der Waals surface area contributed by atoms with E-state index in [4.69, 9.17) is 11.6 Å². The largest absolute Gasteiger partial charge is 0.306 e. The fourth-order valence-electron chi connectivity index (χ4n) is 1.52. The number of rotatable bonds is 3. The van der Waals surface area contributed by atoms with Crippen LogP contribution in [-0.4, -0.2) is 20.5 Å². The maximum Gasteiger partial charge on any atom is 0.167 e. The van der Waals surface area contributed by atoms with Gasteiger partial charge in [0, 0.05) is 12.1 Å². The number of nitrogens with zero attached hydrogens (tertiary/aromatic N) is 3. The van der Waals surface area contributed by atoms with Gasteiger partial charge in [-0.25, -0.2) is 9.07 Å². The Balaban J connectivity index is 2.19. The Kier molecular flexibility index (Phi) is 3.87. The first-order chi connectivity index (χ1) is 8.87.